The van der Waals surface area contributed by atoms with Gasteiger partial charge in [0.05, 0.1) is 5.75 Å². The fourth-order valence-electron chi connectivity index (χ4n) is 2.75. The van der Waals surface area contributed by atoms with E-state index in [0.717, 1.165) is 10.6 Å². The second kappa shape index (κ2) is 12.7. The van der Waals surface area contributed by atoms with Gasteiger partial charge < -0.3 is 10.5 Å². The van der Waals surface area contributed by atoms with Gasteiger partial charge in [-0.1, -0.05) is 56.3 Å². The molecule has 0 fully saturated rings. The first-order chi connectivity index (χ1) is 14.8. The smallest absolute Gasteiger partial charge is 0.331 e. The minimum absolute atomic E-state index is 0.0718. The highest BCUT2D eigenvalue weighted by atomic mass is 32.2. The lowest BCUT2D eigenvalue weighted by Crippen LogP contribution is -2.56. The minimum Gasteiger partial charge on any atom is -0.458 e. The quantitative estimate of drug-likeness (QED) is 0.360. The Labute approximate surface area is 192 Å². The molecule has 1 aromatic carbocycles. The number of esters is 1. The van der Waals surface area contributed by atoms with E-state index in [1.165, 1.54) is 0 Å². The van der Waals surface area contributed by atoms with Crippen LogP contribution in [0.25, 0.3) is 6.08 Å². The molecule has 0 heterocycles. The molecule has 0 bridgehead atoms. The van der Waals surface area contributed by atoms with E-state index in [1.54, 1.807) is 26.8 Å². The van der Waals surface area contributed by atoms with Gasteiger partial charge in [0.2, 0.25) is 15.9 Å². The maximum Gasteiger partial charge on any atom is 0.331 e. The Morgan fingerprint density at radius 1 is 1.19 bits per heavy atom. The Morgan fingerprint density at radius 2 is 1.81 bits per heavy atom. The van der Waals surface area contributed by atoms with Gasteiger partial charge in [-0.2, -0.15) is 0 Å². The number of ether oxygens (including phenoxy) is 1. The number of sulfonamides is 1. The summed E-state index contributed by atoms with van der Waals surface area (Å²) in [5.41, 5.74) is 5.51. The molecule has 1 atom stereocenters. The number of carbonyl (C=O) groups is 2. The normalized spacial score (nSPS) is 13.3. The van der Waals surface area contributed by atoms with Crippen LogP contribution in [0.15, 0.2) is 36.4 Å². The average Bonchev–Trinajstić information content (AvgIpc) is 2.67. The third-order valence-electron chi connectivity index (χ3n) is 4.29. The van der Waals surface area contributed by atoms with Gasteiger partial charge in [-0.3, -0.25) is 4.79 Å². The van der Waals surface area contributed by atoms with Crippen LogP contribution in [0.1, 0.15) is 59.4 Å². The molecule has 9 heteroatoms. The van der Waals surface area contributed by atoms with Gasteiger partial charge in [0.15, 0.2) is 6.04 Å². The molecule has 0 saturated heterocycles. The van der Waals surface area contributed by atoms with Crippen molar-refractivity contribution >= 4 is 28.0 Å². The Morgan fingerprint density at radius 3 is 2.34 bits per heavy atom. The number of nitrogens with two attached hydrogens (primary N) is 1. The van der Waals surface area contributed by atoms with E-state index in [-0.39, 0.29) is 31.1 Å². The van der Waals surface area contributed by atoms with Crippen molar-refractivity contribution in [2.24, 2.45) is 11.7 Å². The second-order valence-corrected chi connectivity index (χ2v) is 10.8. The molecule has 1 aromatic rings. The third kappa shape index (κ3) is 10.9. The van der Waals surface area contributed by atoms with E-state index in [0.29, 0.717) is 6.42 Å². The number of amides is 1. The van der Waals surface area contributed by atoms with Gasteiger partial charge in [0.1, 0.15) is 5.60 Å². The van der Waals surface area contributed by atoms with Gasteiger partial charge >= 0.3 is 5.97 Å². The number of carbonyl (C=O) groups excluding carboxylic acids is 2. The van der Waals surface area contributed by atoms with Crippen LogP contribution in [0.3, 0.4) is 0 Å². The summed E-state index contributed by atoms with van der Waals surface area (Å²) in [6.45, 7) is 8.95. The van der Waals surface area contributed by atoms with Crippen LogP contribution >= 0.6 is 0 Å². The molecule has 1 rings (SSSR count). The van der Waals surface area contributed by atoms with Gasteiger partial charge in [-0.15, -0.1) is 4.83 Å². The molecule has 0 saturated carbocycles. The Hall–Kier alpha value is -2.23. The highest BCUT2D eigenvalue weighted by Crippen LogP contribution is 2.17. The number of benzene rings is 1. The lowest BCUT2D eigenvalue weighted by molar-refractivity contribution is -0.165. The van der Waals surface area contributed by atoms with Crippen LogP contribution in [0.4, 0.5) is 0 Å². The molecule has 0 aliphatic heterocycles. The number of rotatable bonds is 12. The maximum absolute atomic E-state index is 13.0. The molecule has 8 nitrogen and oxygen atoms in total. The largest absolute Gasteiger partial charge is 0.458 e. The van der Waals surface area contributed by atoms with E-state index in [2.05, 4.69) is 4.83 Å². The zero-order valence-electron chi connectivity index (χ0n) is 19.7. The van der Waals surface area contributed by atoms with Crippen LogP contribution in [0.2, 0.25) is 0 Å². The molecule has 3 N–H and O–H groups in total. The summed E-state index contributed by atoms with van der Waals surface area (Å²) in [6, 6.07) is 8.29. The van der Waals surface area contributed by atoms with Crippen molar-refractivity contribution in [2.45, 2.75) is 65.5 Å². The van der Waals surface area contributed by atoms with Gasteiger partial charge in [-0.05, 0) is 45.1 Å². The summed E-state index contributed by atoms with van der Waals surface area (Å²) in [4.78, 5) is 28.3. The highest BCUT2D eigenvalue weighted by Gasteiger charge is 2.35. The van der Waals surface area contributed by atoms with Crippen molar-refractivity contribution in [1.29, 1.82) is 0 Å². The number of nitrogens with zero attached hydrogens (tertiary/aromatic N) is 1. The molecule has 0 aliphatic rings. The van der Waals surface area contributed by atoms with Crippen molar-refractivity contribution in [1.82, 2.24) is 9.84 Å². The summed E-state index contributed by atoms with van der Waals surface area (Å²) in [5, 5.41) is 0.900. The van der Waals surface area contributed by atoms with Crippen LogP contribution in [-0.2, 0) is 24.3 Å². The molecule has 1 amide bonds. The molecule has 180 valence electrons. The van der Waals surface area contributed by atoms with Crippen molar-refractivity contribution < 1.29 is 22.7 Å². The van der Waals surface area contributed by atoms with E-state index in [9.17, 15) is 18.0 Å². The second-order valence-electron chi connectivity index (χ2n) is 8.99. The van der Waals surface area contributed by atoms with E-state index in [1.807, 2.05) is 50.3 Å². The molecule has 0 unspecified atom stereocenters. The van der Waals surface area contributed by atoms with Crippen LogP contribution < -0.4 is 10.6 Å². The third-order valence-corrected chi connectivity index (χ3v) is 5.54. The van der Waals surface area contributed by atoms with Gasteiger partial charge in [0.25, 0.3) is 0 Å². The van der Waals surface area contributed by atoms with Gasteiger partial charge in [-0.25, -0.2) is 18.2 Å². The molecule has 32 heavy (non-hydrogen) atoms. The van der Waals surface area contributed by atoms with E-state index in [4.69, 9.17) is 10.5 Å². The lowest BCUT2D eigenvalue weighted by atomic mass is 10.1. The number of hydrogen-bond acceptors (Lipinski definition) is 6. The van der Waals surface area contributed by atoms with Gasteiger partial charge in [0, 0.05) is 13.0 Å². The maximum atomic E-state index is 13.0. The van der Waals surface area contributed by atoms with E-state index >= 15 is 0 Å². The van der Waals surface area contributed by atoms with Crippen molar-refractivity contribution in [3.05, 3.63) is 42.0 Å². The molecule has 0 radical (unpaired) electrons. The van der Waals surface area contributed by atoms with Crippen molar-refractivity contribution in [3.63, 3.8) is 0 Å². The predicted octanol–water partition coefficient (Wildman–Crippen LogP) is 2.86. The highest BCUT2D eigenvalue weighted by molar-refractivity contribution is 7.89. The first-order valence-corrected chi connectivity index (χ1v) is 12.5. The molecule has 0 aliphatic carbocycles. The number of hydrazine groups is 1. The lowest BCUT2D eigenvalue weighted by Gasteiger charge is -2.32. The fourth-order valence-corrected chi connectivity index (χ4v) is 3.68. The van der Waals surface area contributed by atoms with Crippen molar-refractivity contribution in [3.8, 4) is 0 Å². The fraction of sp³-hybridized carbons (Fsp3) is 0.565. The average molecular weight is 468 g/mol. The first-order valence-electron chi connectivity index (χ1n) is 10.8. The van der Waals surface area contributed by atoms with Crippen LogP contribution in [-0.4, -0.2) is 49.2 Å². The SMILES string of the molecule is CC(C)CCC(=O)N(NS(=O)(=O)CCN)[C@@H](CC=Cc1ccccc1)C(=O)OC(C)(C)C. The number of hydrogen-bond donors (Lipinski definition) is 2. The summed E-state index contributed by atoms with van der Waals surface area (Å²) in [6.07, 6.45) is 4.24. The Kier molecular flexibility index (Phi) is 11.0. The van der Waals surface area contributed by atoms with Crippen LogP contribution in [0.5, 0.6) is 0 Å². The molecule has 0 spiro atoms. The number of nitrogens with one attached hydrogen (secondary N) is 1. The topological polar surface area (TPSA) is 119 Å². The van der Waals surface area contributed by atoms with Crippen LogP contribution in [0, 0.1) is 5.92 Å². The van der Waals surface area contributed by atoms with E-state index < -0.39 is 33.5 Å². The summed E-state index contributed by atoms with van der Waals surface area (Å²) >= 11 is 0. The first kappa shape index (κ1) is 27.8. The summed E-state index contributed by atoms with van der Waals surface area (Å²) in [7, 11) is -3.92. The monoisotopic (exact) mass is 467 g/mol. The predicted molar refractivity (Wildman–Crippen MR) is 127 cm³/mol. The molecule has 0 aromatic heterocycles. The van der Waals surface area contributed by atoms with Crippen molar-refractivity contribution in [2.75, 3.05) is 12.3 Å². The minimum atomic E-state index is -3.92. The molecular weight excluding hydrogens is 430 g/mol. The molecular formula is C23H37N3O5S. The Balaban J connectivity index is 3.26. The standard InChI is InChI=1S/C23H37N3O5S/c1-18(2)14-15-21(27)26(25-32(29,30)17-16-24)20(22(28)31-23(3,4)5)13-9-12-19-10-7-6-8-11-19/h6-12,18,20,25H,13-17,24H2,1-5H3/t20-/m0/s1. The summed E-state index contributed by atoms with van der Waals surface area (Å²) in [5.74, 6) is -1.33. The Bertz CT molecular complexity index is 861. The zero-order chi connectivity index (χ0) is 24.4. The summed E-state index contributed by atoms with van der Waals surface area (Å²) < 4.78 is 30.4. The zero-order valence-corrected chi connectivity index (χ0v) is 20.5.